The highest BCUT2D eigenvalue weighted by Crippen LogP contribution is 2.33. The average Bonchev–Trinajstić information content (AvgIpc) is 2.14. The molecule has 5 heteroatoms. The summed E-state index contributed by atoms with van der Waals surface area (Å²) in [5.74, 6) is -0.526. The number of aromatic hydroxyl groups is 1. The predicted octanol–water partition coefficient (Wildman–Crippen LogP) is 2.82. The summed E-state index contributed by atoms with van der Waals surface area (Å²) in [6, 6.07) is 2.61. The minimum atomic E-state index is -0.395. The second-order valence-corrected chi connectivity index (χ2v) is 3.29. The topological polar surface area (TPSA) is 49.3 Å². The van der Waals surface area contributed by atoms with Gasteiger partial charge in [0.1, 0.15) is 5.75 Å². The average molecular weight is 232 g/mol. The smallest absolute Gasteiger partial charge is 0.247 e. The minimum Gasteiger partial charge on any atom is -0.506 e. The number of hydrogen-bond acceptors (Lipinski definition) is 2. The molecule has 1 aromatic carbocycles. The molecule has 0 aromatic heterocycles. The molecular formula is C9H7Cl2NO2. The Morgan fingerprint density at radius 1 is 1.43 bits per heavy atom. The summed E-state index contributed by atoms with van der Waals surface area (Å²) in [6.45, 7) is 3.29. The molecule has 1 aromatic rings. The van der Waals surface area contributed by atoms with Crippen LogP contribution in [0.15, 0.2) is 24.8 Å². The van der Waals surface area contributed by atoms with Crippen molar-refractivity contribution in [1.82, 2.24) is 0 Å². The van der Waals surface area contributed by atoms with E-state index in [1.807, 2.05) is 0 Å². The largest absolute Gasteiger partial charge is 0.506 e. The van der Waals surface area contributed by atoms with E-state index in [2.05, 4.69) is 11.9 Å². The highest BCUT2D eigenvalue weighted by atomic mass is 35.5. The monoisotopic (exact) mass is 231 g/mol. The van der Waals surface area contributed by atoms with E-state index in [9.17, 15) is 4.79 Å². The van der Waals surface area contributed by atoms with Crippen LogP contribution in [0.2, 0.25) is 10.0 Å². The van der Waals surface area contributed by atoms with E-state index in [0.29, 0.717) is 5.69 Å². The maximum atomic E-state index is 10.9. The van der Waals surface area contributed by atoms with Crippen LogP contribution in [-0.2, 0) is 4.79 Å². The number of phenols is 1. The first-order chi connectivity index (χ1) is 6.54. The Hall–Kier alpha value is -1.19. The quantitative estimate of drug-likeness (QED) is 0.608. The molecule has 0 radical (unpaired) electrons. The summed E-state index contributed by atoms with van der Waals surface area (Å²) in [7, 11) is 0. The van der Waals surface area contributed by atoms with Gasteiger partial charge in [0.2, 0.25) is 5.91 Å². The molecule has 0 fully saturated rings. The number of carbonyl (C=O) groups is 1. The predicted molar refractivity (Wildman–Crippen MR) is 57.0 cm³/mol. The SMILES string of the molecule is C=CC(=O)Nc1cc(Cl)c(O)cc1Cl. The zero-order valence-electron chi connectivity index (χ0n) is 7.05. The van der Waals surface area contributed by atoms with Crippen LogP contribution >= 0.6 is 23.2 Å². The lowest BCUT2D eigenvalue weighted by Crippen LogP contribution is -2.07. The third kappa shape index (κ3) is 2.40. The van der Waals surface area contributed by atoms with Crippen LogP contribution in [0.3, 0.4) is 0 Å². The summed E-state index contributed by atoms with van der Waals surface area (Å²) < 4.78 is 0. The Balaban J connectivity index is 3.03. The maximum Gasteiger partial charge on any atom is 0.247 e. The van der Waals surface area contributed by atoms with Crippen molar-refractivity contribution >= 4 is 34.8 Å². The molecule has 0 aliphatic carbocycles. The summed E-state index contributed by atoms with van der Waals surface area (Å²) in [4.78, 5) is 10.9. The molecule has 0 atom stereocenters. The fourth-order valence-corrected chi connectivity index (χ4v) is 1.18. The van der Waals surface area contributed by atoms with Gasteiger partial charge in [0, 0.05) is 6.07 Å². The van der Waals surface area contributed by atoms with Gasteiger partial charge in [0.25, 0.3) is 0 Å². The second kappa shape index (κ2) is 4.35. The van der Waals surface area contributed by atoms with Gasteiger partial charge in [-0.05, 0) is 12.1 Å². The highest BCUT2D eigenvalue weighted by molar-refractivity contribution is 6.36. The number of benzene rings is 1. The first-order valence-corrected chi connectivity index (χ1v) is 4.41. The Kier molecular flexibility index (Phi) is 3.38. The Morgan fingerprint density at radius 3 is 2.64 bits per heavy atom. The van der Waals surface area contributed by atoms with Gasteiger partial charge in [-0.15, -0.1) is 0 Å². The van der Waals surface area contributed by atoms with Gasteiger partial charge in [-0.1, -0.05) is 29.8 Å². The number of hydrogen-bond donors (Lipinski definition) is 2. The molecule has 2 N–H and O–H groups in total. The van der Waals surface area contributed by atoms with Gasteiger partial charge in [-0.25, -0.2) is 0 Å². The van der Waals surface area contributed by atoms with E-state index in [4.69, 9.17) is 28.3 Å². The summed E-state index contributed by atoms with van der Waals surface area (Å²) in [5.41, 5.74) is 0.333. The summed E-state index contributed by atoms with van der Waals surface area (Å²) >= 11 is 11.4. The molecule has 0 saturated heterocycles. The zero-order chi connectivity index (χ0) is 10.7. The number of anilines is 1. The Labute approximate surface area is 90.9 Å². The lowest BCUT2D eigenvalue weighted by molar-refractivity contribution is -0.111. The van der Waals surface area contributed by atoms with Crippen molar-refractivity contribution in [3.8, 4) is 5.75 Å². The van der Waals surface area contributed by atoms with Gasteiger partial charge in [-0.3, -0.25) is 4.79 Å². The molecular weight excluding hydrogens is 225 g/mol. The summed E-state index contributed by atoms with van der Waals surface area (Å²) in [6.07, 6.45) is 1.11. The lowest BCUT2D eigenvalue weighted by Gasteiger charge is -2.06. The van der Waals surface area contributed by atoms with E-state index in [1.165, 1.54) is 12.1 Å². The number of halogens is 2. The van der Waals surface area contributed by atoms with Crippen molar-refractivity contribution in [2.45, 2.75) is 0 Å². The van der Waals surface area contributed by atoms with E-state index < -0.39 is 5.91 Å². The number of nitrogens with one attached hydrogen (secondary N) is 1. The fraction of sp³-hybridized carbons (Fsp3) is 0. The molecule has 0 aliphatic rings. The van der Waals surface area contributed by atoms with E-state index >= 15 is 0 Å². The van der Waals surface area contributed by atoms with Crippen molar-refractivity contribution in [3.05, 3.63) is 34.8 Å². The van der Waals surface area contributed by atoms with Crippen molar-refractivity contribution in [1.29, 1.82) is 0 Å². The van der Waals surface area contributed by atoms with E-state index in [1.54, 1.807) is 0 Å². The van der Waals surface area contributed by atoms with Crippen molar-refractivity contribution in [2.24, 2.45) is 0 Å². The Morgan fingerprint density at radius 2 is 2.07 bits per heavy atom. The van der Waals surface area contributed by atoms with Crippen molar-refractivity contribution < 1.29 is 9.90 Å². The van der Waals surface area contributed by atoms with Crippen LogP contribution in [0.25, 0.3) is 0 Å². The van der Waals surface area contributed by atoms with Crippen LogP contribution in [0.4, 0.5) is 5.69 Å². The minimum absolute atomic E-state index is 0.119. The fourth-order valence-electron chi connectivity index (χ4n) is 0.816. The van der Waals surface area contributed by atoms with Crippen LogP contribution in [0, 0.1) is 0 Å². The van der Waals surface area contributed by atoms with Crippen LogP contribution in [0.5, 0.6) is 5.75 Å². The molecule has 1 amide bonds. The van der Waals surface area contributed by atoms with Gasteiger partial charge in [-0.2, -0.15) is 0 Å². The number of carbonyl (C=O) groups excluding carboxylic acids is 1. The van der Waals surface area contributed by atoms with Gasteiger partial charge in [0.05, 0.1) is 15.7 Å². The second-order valence-electron chi connectivity index (χ2n) is 2.48. The summed E-state index contributed by atoms with van der Waals surface area (Å²) in [5, 5.41) is 11.9. The van der Waals surface area contributed by atoms with Gasteiger partial charge < -0.3 is 10.4 Å². The van der Waals surface area contributed by atoms with Crippen LogP contribution in [0.1, 0.15) is 0 Å². The molecule has 0 bridgehead atoms. The first-order valence-electron chi connectivity index (χ1n) is 3.66. The molecule has 0 spiro atoms. The lowest BCUT2D eigenvalue weighted by atomic mass is 10.3. The van der Waals surface area contributed by atoms with Gasteiger partial charge >= 0.3 is 0 Å². The van der Waals surface area contributed by atoms with E-state index in [0.717, 1.165) is 6.08 Å². The molecule has 0 unspecified atom stereocenters. The van der Waals surface area contributed by atoms with Crippen LogP contribution in [-0.4, -0.2) is 11.0 Å². The molecule has 0 heterocycles. The van der Waals surface area contributed by atoms with E-state index in [-0.39, 0.29) is 15.8 Å². The van der Waals surface area contributed by atoms with Crippen LogP contribution < -0.4 is 5.32 Å². The number of rotatable bonds is 2. The zero-order valence-corrected chi connectivity index (χ0v) is 8.56. The van der Waals surface area contributed by atoms with Crippen molar-refractivity contribution in [2.75, 3.05) is 5.32 Å². The maximum absolute atomic E-state index is 10.9. The Bertz CT molecular complexity index is 391. The number of amides is 1. The molecule has 3 nitrogen and oxygen atoms in total. The third-order valence-corrected chi connectivity index (χ3v) is 2.10. The van der Waals surface area contributed by atoms with Gasteiger partial charge in [0.15, 0.2) is 0 Å². The van der Waals surface area contributed by atoms with Crippen molar-refractivity contribution in [3.63, 3.8) is 0 Å². The standard InChI is InChI=1S/C9H7Cl2NO2/c1-2-9(14)12-7-3-6(11)8(13)4-5(7)10/h2-4,13H,1H2,(H,12,14). The molecule has 14 heavy (non-hydrogen) atoms. The first kappa shape index (κ1) is 10.9. The molecule has 74 valence electrons. The highest BCUT2D eigenvalue weighted by Gasteiger charge is 2.07. The molecule has 0 aliphatic heterocycles. The normalized spacial score (nSPS) is 9.57. The molecule has 1 rings (SSSR count). The number of phenolic OH excluding ortho intramolecular Hbond substituents is 1. The molecule has 0 saturated carbocycles. The third-order valence-electron chi connectivity index (χ3n) is 1.48.